The number of benzene rings is 1. The highest BCUT2D eigenvalue weighted by molar-refractivity contribution is 5.90. The van der Waals surface area contributed by atoms with Gasteiger partial charge in [-0.2, -0.15) is 0 Å². The molecule has 1 aromatic carbocycles. The zero-order chi connectivity index (χ0) is 16.0. The molecule has 0 fully saturated rings. The number of phenols is 1. The Balaban J connectivity index is 2.73. The van der Waals surface area contributed by atoms with Crippen molar-refractivity contribution in [2.24, 2.45) is 5.92 Å². The van der Waals surface area contributed by atoms with Gasteiger partial charge in [0.05, 0.1) is 12.2 Å². The molecule has 0 spiro atoms. The molecule has 1 N–H and O–H groups in total. The Morgan fingerprint density at radius 2 is 2.00 bits per heavy atom. The molecule has 21 heavy (non-hydrogen) atoms. The lowest BCUT2D eigenvalue weighted by Crippen LogP contribution is -2.37. The predicted molar refractivity (Wildman–Crippen MR) is 81.9 cm³/mol. The van der Waals surface area contributed by atoms with E-state index in [2.05, 4.69) is 13.8 Å². The molecule has 0 saturated carbocycles. The third kappa shape index (κ3) is 4.93. The number of hydrogen-bond donors (Lipinski definition) is 1. The Morgan fingerprint density at radius 3 is 2.52 bits per heavy atom. The summed E-state index contributed by atoms with van der Waals surface area (Å²) in [6.45, 7) is 6.74. The SMILES string of the molecule is CCOc1cc(C(=O)OC[C@H](C(C)C)N(C)C)ccc1O. The standard InChI is InChI=1S/C16H25NO4/c1-6-20-15-9-12(7-8-14(15)18)16(19)21-10-13(11(2)3)17(4)5/h7-9,11,13,18H,6,10H2,1-5H3/t13-/m1/s1. The highest BCUT2D eigenvalue weighted by atomic mass is 16.5. The lowest BCUT2D eigenvalue weighted by atomic mass is 10.0. The number of nitrogens with zero attached hydrogens (tertiary/aromatic N) is 1. The largest absolute Gasteiger partial charge is 0.504 e. The average Bonchev–Trinajstić information content (AvgIpc) is 2.40. The van der Waals surface area contributed by atoms with Gasteiger partial charge in [-0.25, -0.2) is 4.79 Å². The van der Waals surface area contributed by atoms with Crippen LogP contribution in [0.4, 0.5) is 0 Å². The van der Waals surface area contributed by atoms with Crippen molar-refractivity contribution in [2.45, 2.75) is 26.8 Å². The van der Waals surface area contributed by atoms with Gasteiger partial charge in [-0.15, -0.1) is 0 Å². The number of phenolic OH excluding ortho intramolecular Hbond substituents is 1. The Bertz CT molecular complexity index is 463. The van der Waals surface area contributed by atoms with Gasteiger partial charge in [-0.05, 0) is 45.1 Å². The van der Waals surface area contributed by atoms with E-state index in [1.807, 2.05) is 25.9 Å². The highest BCUT2D eigenvalue weighted by Gasteiger charge is 2.19. The van der Waals surface area contributed by atoms with Gasteiger partial charge in [-0.1, -0.05) is 13.8 Å². The molecule has 0 amide bonds. The predicted octanol–water partition coefficient (Wildman–Crippen LogP) is 2.53. The van der Waals surface area contributed by atoms with Gasteiger partial charge in [0, 0.05) is 6.04 Å². The van der Waals surface area contributed by atoms with E-state index in [0.717, 1.165) is 0 Å². The van der Waals surface area contributed by atoms with E-state index in [4.69, 9.17) is 9.47 Å². The highest BCUT2D eigenvalue weighted by Crippen LogP contribution is 2.27. The molecule has 1 rings (SSSR count). The minimum absolute atomic E-state index is 0.0155. The zero-order valence-electron chi connectivity index (χ0n) is 13.4. The fraction of sp³-hybridized carbons (Fsp3) is 0.562. The first-order chi connectivity index (χ1) is 9.86. The molecule has 1 atom stereocenters. The number of likely N-dealkylation sites (N-methyl/N-ethyl adjacent to an activating group) is 1. The number of esters is 1. The van der Waals surface area contributed by atoms with Crippen molar-refractivity contribution in [3.63, 3.8) is 0 Å². The molecule has 0 radical (unpaired) electrons. The summed E-state index contributed by atoms with van der Waals surface area (Å²) in [6.07, 6.45) is 0. The topological polar surface area (TPSA) is 59.0 Å². The second-order valence-corrected chi connectivity index (χ2v) is 5.49. The molecular formula is C16H25NO4. The molecule has 0 aliphatic rings. The van der Waals surface area contributed by atoms with Gasteiger partial charge in [0.25, 0.3) is 0 Å². The second kappa shape index (κ2) is 7.88. The van der Waals surface area contributed by atoms with Crippen molar-refractivity contribution in [2.75, 3.05) is 27.3 Å². The van der Waals surface area contributed by atoms with Gasteiger partial charge in [0.1, 0.15) is 6.61 Å². The van der Waals surface area contributed by atoms with Crippen LogP contribution in [0.15, 0.2) is 18.2 Å². The molecule has 5 nitrogen and oxygen atoms in total. The van der Waals surface area contributed by atoms with Gasteiger partial charge in [0.15, 0.2) is 11.5 Å². The Labute approximate surface area is 126 Å². The number of carbonyl (C=O) groups excluding carboxylic acids is 1. The fourth-order valence-corrected chi connectivity index (χ4v) is 2.09. The first-order valence-corrected chi connectivity index (χ1v) is 7.16. The summed E-state index contributed by atoms with van der Waals surface area (Å²) in [5, 5.41) is 9.63. The number of aromatic hydroxyl groups is 1. The van der Waals surface area contributed by atoms with Crippen LogP contribution in [0.25, 0.3) is 0 Å². The number of hydrogen-bond acceptors (Lipinski definition) is 5. The van der Waals surface area contributed by atoms with Crippen molar-refractivity contribution in [1.82, 2.24) is 4.90 Å². The number of carbonyl (C=O) groups is 1. The van der Waals surface area contributed by atoms with Crippen molar-refractivity contribution < 1.29 is 19.4 Å². The van der Waals surface area contributed by atoms with Crippen molar-refractivity contribution in [3.8, 4) is 11.5 Å². The van der Waals surface area contributed by atoms with Crippen LogP contribution in [0.3, 0.4) is 0 Å². The van der Waals surface area contributed by atoms with Crippen LogP contribution < -0.4 is 4.74 Å². The Morgan fingerprint density at radius 1 is 1.33 bits per heavy atom. The van der Waals surface area contributed by atoms with E-state index in [9.17, 15) is 9.90 Å². The number of rotatable bonds is 7. The summed E-state index contributed by atoms with van der Waals surface area (Å²) in [6, 6.07) is 4.63. The van der Waals surface area contributed by atoms with Crippen molar-refractivity contribution in [3.05, 3.63) is 23.8 Å². The third-order valence-electron chi connectivity index (χ3n) is 3.31. The van der Waals surface area contributed by atoms with Gasteiger partial charge in [-0.3, -0.25) is 0 Å². The molecule has 0 unspecified atom stereocenters. The summed E-state index contributed by atoms with van der Waals surface area (Å²) in [5.74, 6) is 0.275. The van der Waals surface area contributed by atoms with Crippen LogP contribution in [0.1, 0.15) is 31.1 Å². The van der Waals surface area contributed by atoms with Gasteiger partial charge in [0.2, 0.25) is 0 Å². The average molecular weight is 295 g/mol. The number of ether oxygens (including phenoxy) is 2. The summed E-state index contributed by atoms with van der Waals surface area (Å²) in [4.78, 5) is 14.1. The molecule has 0 saturated heterocycles. The molecule has 0 aromatic heterocycles. The first-order valence-electron chi connectivity index (χ1n) is 7.16. The zero-order valence-corrected chi connectivity index (χ0v) is 13.4. The van der Waals surface area contributed by atoms with E-state index >= 15 is 0 Å². The minimum atomic E-state index is -0.413. The fourth-order valence-electron chi connectivity index (χ4n) is 2.09. The van der Waals surface area contributed by atoms with Crippen LogP contribution in [-0.2, 0) is 4.74 Å². The quantitative estimate of drug-likeness (QED) is 0.783. The maximum Gasteiger partial charge on any atom is 0.338 e. The lowest BCUT2D eigenvalue weighted by molar-refractivity contribution is 0.0350. The van der Waals surface area contributed by atoms with Crippen LogP contribution in [0.2, 0.25) is 0 Å². The van der Waals surface area contributed by atoms with E-state index in [1.54, 1.807) is 0 Å². The monoisotopic (exact) mass is 295 g/mol. The minimum Gasteiger partial charge on any atom is -0.504 e. The Hall–Kier alpha value is -1.75. The summed E-state index contributed by atoms with van der Waals surface area (Å²) < 4.78 is 10.6. The molecular weight excluding hydrogens is 270 g/mol. The Kier molecular flexibility index (Phi) is 6.49. The summed E-state index contributed by atoms with van der Waals surface area (Å²) in [7, 11) is 3.93. The van der Waals surface area contributed by atoms with Crippen molar-refractivity contribution >= 4 is 5.97 Å². The summed E-state index contributed by atoms with van der Waals surface area (Å²) >= 11 is 0. The van der Waals surface area contributed by atoms with Crippen molar-refractivity contribution in [1.29, 1.82) is 0 Å². The molecule has 0 heterocycles. The van der Waals surface area contributed by atoms with Crippen LogP contribution in [0.5, 0.6) is 11.5 Å². The van der Waals surface area contributed by atoms with Gasteiger partial charge >= 0.3 is 5.97 Å². The summed E-state index contributed by atoms with van der Waals surface area (Å²) in [5.41, 5.74) is 0.373. The lowest BCUT2D eigenvalue weighted by Gasteiger charge is -2.27. The van der Waals surface area contributed by atoms with Gasteiger partial charge < -0.3 is 19.5 Å². The van der Waals surface area contributed by atoms with E-state index < -0.39 is 5.97 Å². The van der Waals surface area contributed by atoms with Crippen LogP contribution in [-0.4, -0.2) is 49.3 Å². The van der Waals surface area contributed by atoms with E-state index in [0.29, 0.717) is 30.4 Å². The normalized spacial score (nSPS) is 12.5. The maximum atomic E-state index is 12.1. The maximum absolute atomic E-state index is 12.1. The molecule has 0 bridgehead atoms. The molecule has 1 aromatic rings. The van der Waals surface area contributed by atoms with E-state index in [-0.39, 0.29) is 11.8 Å². The first kappa shape index (κ1) is 17.3. The van der Waals surface area contributed by atoms with Crippen LogP contribution in [0, 0.1) is 5.92 Å². The van der Waals surface area contributed by atoms with Crippen LogP contribution >= 0.6 is 0 Å². The second-order valence-electron chi connectivity index (χ2n) is 5.49. The smallest absolute Gasteiger partial charge is 0.338 e. The molecule has 0 aliphatic heterocycles. The molecule has 0 aliphatic carbocycles. The molecule has 118 valence electrons. The molecule has 5 heteroatoms. The third-order valence-corrected chi connectivity index (χ3v) is 3.31. The van der Waals surface area contributed by atoms with E-state index in [1.165, 1.54) is 18.2 Å².